The van der Waals surface area contributed by atoms with E-state index >= 15 is 0 Å². The van der Waals surface area contributed by atoms with Crippen LogP contribution in [0.25, 0.3) is 0 Å². The molecule has 1 aliphatic carbocycles. The molecule has 15 heavy (non-hydrogen) atoms. The Hall–Kier alpha value is -0.380. The summed E-state index contributed by atoms with van der Waals surface area (Å²) in [5.41, 5.74) is 1.26. The first-order chi connectivity index (χ1) is 7.24. The van der Waals surface area contributed by atoms with Crippen LogP contribution in [0.4, 0.5) is 0 Å². The molecule has 2 rings (SSSR count). The van der Waals surface area contributed by atoms with Crippen LogP contribution in [-0.4, -0.2) is 30.2 Å². The summed E-state index contributed by atoms with van der Waals surface area (Å²) in [6.45, 7) is 3.37. The number of aliphatic hydroxyl groups excluding tert-OH is 1. The summed E-state index contributed by atoms with van der Waals surface area (Å²) in [4.78, 5) is 3.76. The molecular weight excluding hydrogens is 206 g/mol. The summed E-state index contributed by atoms with van der Waals surface area (Å²) in [6.07, 6.45) is 3.46. The summed E-state index contributed by atoms with van der Waals surface area (Å²) in [5, 5.41) is 11.9. The fraction of sp³-hybridized carbons (Fsp3) is 0.667. The Kier molecular flexibility index (Phi) is 3.14. The lowest BCUT2D eigenvalue weighted by molar-refractivity contribution is 0.0357. The van der Waals surface area contributed by atoms with Crippen LogP contribution < -0.4 is 0 Å². The zero-order chi connectivity index (χ0) is 10.9. The van der Waals surface area contributed by atoms with Crippen molar-refractivity contribution in [3.8, 4) is 0 Å². The summed E-state index contributed by atoms with van der Waals surface area (Å²) < 4.78 is 0. The molecule has 84 valence electrons. The van der Waals surface area contributed by atoms with Crippen molar-refractivity contribution in [1.82, 2.24) is 4.90 Å². The molecule has 1 aliphatic rings. The first-order valence-electron chi connectivity index (χ1n) is 5.63. The standard InChI is InChI=1S/C12H19NOS/c1-3-13(2)12(9-14)7-4-5-11-10(12)6-8-15-11/h6,8,14H,3-5,7,9H2,1-2H3. The molecule has 3 heteroatoms. The maximum absolute atomic E-state index is 9.77. The number of hydrogen-bond acceptors (Lipinski definition) is 3. The van der Waals surface area contributed by atoms with Gasteiger partial charge in [-0.25, -0.2) is 0 Å². The minimum Gasteiger partial charge on any atom is -0.394 e. The van der Waals surface area contributed by atoms with E-state index in [1.165, 1.54) is 23.3 Å². The Bertz CT molecular complexity index is 336. The molecule has 0 amide bonds. The molecule has 0 radical (unpaired) electrons. The van der Waals surface area contributed by atoms with Gasteiger partial charge in [-0.05, 0) is 49.9 Å². The van der Waals surface area contributed by atoms with Crippen LogP contribution in [0.5, 0.6) is 0 Å². The maximum atomic E-state index is 9.77. The molecule has 0 spiro atoms. The van der Waals surface area contributed by atoms with Gasteiger partial charge in [0, 0.05) is 4.88 Å². The molecule has 0 saturated carbocycles. The molecule has 1 aromatic heterocycles. The van der Waals surface area contributed by atoms with E-state index in [0.29, 0.717) is 0 Å². The van der Waals surface area contributed by atoms with E-state index in [0.717, 1.165) is 13.0 Å². The smallest absolute Gasteiger partial charge is 0.0702 e. The van der Waals surface area contributed by atoms with Gasteiger partial charge in [-0.3, -0.25) is 4.90 Å². The molecule has 0 aliphatic heterocycles. The predicted octanol–water partition coefficient (Wildman–Crippen LogP) is 2.22. The van der Waals surface area contributed by atoms with E-state index in [1.807, 2.05) is 11.3 Å². The van der Waals surface area contributed by atoms with Gasteiger partial charge >= 0.3 is 0 Å². The monoisotopic (exact) mass is 225 g/mol. The zero-order valence-corrected chi connectivity index (χ0v) is 10.3. The predicted molar refractivity (Wildman–Crippen MR) is 64.3 cm³/mol. The van der Waals surface area contributed by atoms with E-state index in [1.54, 1.807) is 0 Å². The average molecular weight is 225 g/mol. The minimum absolute atomic E-state index is 0.109. The van der Waals surface area contributed by atoms with Gasteiger partial charge < -0.3 is 5.11 Å². The molecule has 0 fully saturated rings. The molecule has 2 nitrogen and oxygen atoms in total. The van der Waals surface area contributed by atoms with E-state index in [2.05, 4.69) is 30.3 Å². The van der Waals surface area contributed by atoms with Crippen LogP contribution in [0.15, 0.2) is 11.4 Å². The second-order valence-corrected chi connectivity index (χ2v) is 5.32. The minimum atomic E-state index is -0.109. The van der Waals surface area contributed by atoms with Crippen molar-refractivity contribution in [1.29, 1.82) is 0 Å². The van der Waals surface area contributed by atoms with Crippen molar-refractivity contribution in [2.45, 2.75) is 31.7 Å². The third-order valence-electron chi connectivity index (χ3n) is 3.71. The second kappa shape index (κ2) is 4.24. The third kappa shape index (κ3) is 1.63. The van der Waals surface area contributed by atoms with Gasteiger partial charge in [0.15, 0.2) is 0 Å². The van der Waals surface area contributed by atoms with Crippen LogP contribution in [0.1, 0.15) is 30.2 Å². The zero-order valence-electron chi connectivity index (χ0n) is 9.49. The second-order valence-electron chi connectivity index (χ2n) is 4.31. The number of hydrogen-bond donors (Lipinski definition) is 1. The van der Waals surface area contributed by atoms with Crippen LogP contribution in [0, 0.1) is 0 Å². The summed E-state index contributed by atoms with van der Waals surface area (Å²) in [6, 6.07) is 2.20. The highest BCUT2D eigenvalue weighted by Crippen LogP contribution is 2.41. The van der Waals surface area contributed by atoms with Crippen molar-refractivity contribution < 1.29 is 5.11 Å². The van der Waals surface area contributed by atoms with E-state index in [9.17, 15) is 5.11 Å². The maximum Gasteiger partial charge on any atom is 0.0702 e. The number of fused-ring (bicyclic) bond motifs is 1. The Morgan fingerprint density at radius 3 is 3.07 bits per heavy atom. The van der Waals surface area contributed by atoms with Gasteiger partial charge in [0.05, 0.1) is 12.1 Å². The number of thiophene rings is 1. The molecule has 1 aromatic rings. The fourth-order valence-corrected chi connectivity index (χ4v) is 3.62. The summed E-state index contributed by atoms with van der Waals surface area (Å²) in [7, 11) is 2.11. The van der Waals surface area contributed by atoms with E-state index < -0.39 is 0 Å². The Balaban J connectivity index is 2.43. The Morgan fingerprint density at radius 2 is 2.40 bits per heavy atom. The number of rotatable bonds is 3. The average Bonchev–Trinajstić information content (AvgIpc) is 2.75. The van der Waals surface area contributed by atoms with Gasteiger partial charge in [-0.15, -0.1) is 11.3 Å². The highest BCUT2D eigenvalue weighted by Gasteiger charge is 2.39. The van der Waals surface area contributed by atoms with Gasteiger partial charge in [0.2, 0.25) is 0 Å². The Labute approximate surface area is 95.5 Å². The highest BCUT2D eigenvalue weighted by atomic mass is 32.1. The van der Waals surface area contributed by atoms with Crippen LogP contribution in [0.2, 0.25) is 0 Å². The summed E-state index contributed by atoms with van der Waals surface area (Å²) >= 11 is 1.83. The van der Waals surface area contributed by atoms with Crippen molar-refractivity contribution >= 4 is 11.3 Å². The fourth-order valence-electron chi connectivity index (χ4n) is 2.61. The number of likely N-dealkylation sites (N-methyl/N-ethyl adjacent to an activating group) is 1. The van der Waals surface area contributed by atoms with Crippen molar-refractivity contribution in [3.05, 3.63) is 21.9 Å². The lowest BCUT2D eigenvalue weighted by Crippen LogP contribution is -2.48. The topological polar surface area (TPSA) is 23.5 Å². The normalized spacial score (nSPS) is 25.6. The van der Waals surface area contributed by atoms with Crippen molar-refractivity contribution in [2.75, 3.05) is 20.2 Å². The van der Waals surface area contributed by atoms with Crippen molar-refractivity contribution in [3.63, 3.8) is 0 Å². The molecule has 1 heterocycles. The molecule has 1 atom stereocenters. The molecule has 1 N–H and O–H groups in total. The molecule has 0 bridgehead atoms. The number of aliphatic hydroxyl groups is 1. The van der Waals surface area contributed by atoms with E-state index in [4.69, 9.17) is 0 Å². The highest BCUT2D eigenvalue weighted by molar-refractivity contribution is 7.10. The van der Waals surface area contributed by atoms with Gasteiger partial charge in [0.25, 0.3) is 0 Å². The van der Waals surface area contributed by atoms with Crippen molar-refractivity contribution in [2.24, 2.45) is 0 Å². The third-order valence-corrected chi connectivity index (χ3v) is 4.69. The number of aryl methyl sites for hydroxylation is 1. The first kappa shape index (κ1) is 11.1. The van der Waals surface area contributed by atoms with Gasteiger partial charge in [-0.2, -0.15) is 0 Å². The molecule has 0 aromatic carbocycles. The molecular formula is C12H19NOS. The largest absolute Gasteiger partial charge is 0.394 e. The van der Waals surface area contributed by atoms with Gasteiger partial charge in [0.1, 0.15) is 0 Å². The summed E-state index contributed by atoms with van der Waals surface area (Å²) in [5.74, 6) is 0. The SMILES string of the molecule is CCN(C)C1(CO)CCCc2sccc21. The van der Waals surface area contributed by atoms with Crippen LogP contribution in [-0.2, 0) is 12.0 Å². The molecule has 1 unspecified atom stereocenters. The lowest BCUT2D eigenvalue weighted by atomic mass is 9.79. The molecule has 0 saturated heterocycles. The Morgan fingerprint density at radius 1 is 1.60 bits per heavy atom. The van der Waals surface area contributed by atoms with E-state index in [-0.39, 0.29) is 12.1 Å². The quantitative estimate of drug-likeness (QED) is 0.852. The van der Waals surface area contributed by atoms with Gasteiger partial charge in [-0.1, -0.05) is 6.92 Å². The first-order valence-corrected chi connectivity index (χ1v) is 6.51. The van der Waals surface area contributed by atoms with Crippen LogP contribution >= 0.6 is 11.3 Å². The number of nitrogens with zero attached hydrogens (tertiary/aromatic N) is 1. The lowest BCUT2D eigenvalue weighted by Gasteiger charge is -2.43. The van der Waals surface area contributed by atoms with Crippen LogP contribution in [0.3, 0.4) is 0 Å².